The van der Waals surface area contributed by atoms with Gasteiger partial charge < -0.3 is 10.4 Å². The quantitative estimate of drug-likeness (QED) is 0.536. The van der Waals surface area contributed by atoms with Gasteiger partial charge in [-0.15, -0.1) is 0 Å². The molecule has 0 amide bonds. The highest BCUT2D eigenvalue weighted by atomic mass is 16.3. The average Bonchev–Trinajstić information content (AvgIpc) is 2.20. The molecule has 2 N–H and O–H groups in total. The highest BCUT2D eigenvalue weighted by molar-refractivity contribution is 5.54. The van der Waals surface area contributed by atoms with Crippen LogP contribution in [0.5, 0.6) is 5.75 Å². The van der Waals surface area contributed by atoms with Gasteiger partial charge in [0.05, 0.1) is 5.69 Å². The molecule has 0 aromatic heterocycles. The second-order valence-corrected chi connectivity index (χ2v) is 3.50. The molecule has 0 spiro atoms. The lowest BCUT2D eigenvalue weighted by molar-refractivity contribution is 0.477. The summed E-state index contributed by atoms with van der Waals surface area (Å²) in [6.45, 7) is 3.15. The zero-order valence-corrected chi connectivity index (χ0v) is 8.79. The molecule has 1 aromatic rings. The van der Waals surface area contributed by atoms with Crippen molar-refractivity contribution >= 4 is 5.69 Å². The number of phenolic OH excluding ortho intramolecular Hbond substituents is 1. The van der Waals surface area contributed by atoms with Gasteiger partial charge in [0.25, 0.3) is 0 Å². The molecule has 14 heavy (non-hydrogen) atoms. The van der Waals surface area contributed by atoms with E-state index in [2.05, 4.69) is 12.2 Å². The highest BCUT2D eigenvalue weighted by Crippen LogP contribution is 2.21. The molecule has 2 heteroatoms. The third-order valence-corrected chi connectivity index (χ3v) is 2.25. The summed E-state index contributed by atoms with van der Waals surface area (Å²) < 4.78 is 0. The smallest absolute Gasteiger partial charge is 0.138 e. The summed E-state index contributed by atoms with van der Waals surface area (Å²) in [5.74, 6) is 0.336. The van der Waals surface area contributed by atoms with Gasteiger partial charge in [-0.1, -0.05) is 38.3 Å². The lowest BCUT2D eigenvalue weighted by atomic mass is 10.2. The van der Waals surface area contributed by atoms with Crippen molar-refractivity contribution in [3.8, 4) is 5.75 Å². The van der Waals surface area contributed by atoms with Gasteiger partial charge in [-0.2, -0.15) is 0 Å². The van der Waals surface area contributed by atoms with Crippen molar-refractivity contribution in [1.29, 1.82) is 0 Å². The van der Waals surface area contributed by atoms with Crippen molar-refractivity contribution in [3.63, 3.8) is 0 Å². The van der Waals surface area contributed by atoms with E-state index >= 15 is 0 Å². The predicted octanol–water partition coefficient (Wildman–Crippen LogP) is 3.38. The van der Waals surface area contributed by atoms with Crippen LogP contribution in [0.4, 0.5) is 5.69 Å². The van der Waals surface area contributed by atoms with Crippen molar-refractivity contribution in [2.24, 2.45) is 0 Å². The van der Waals surface area contributed by atoms with E-state index in [0.29, 0.717) is 5.75 Å². The second kappa shape index (κ2) is 6.30. The zero-order chi connectivity index (χ0) is 10.2. The average molecular weight is 193 g/mol. The summed E-state index contributed by atoms with van der Waals surface area (Å²) in [6, 6.07) is 7.36. The van der Waals surface area contributed by atoms with Crippen molar-refractivity contribution in [2.45, 2.75) is 32.6 Å². The number of rotatable bonds is 6. The SMILES string of the molecule is CCCCCCNc1ccccc1O. The van der Waals surface area contributed by atoms with Gasteiger partial charge in [-0.25, -0.2) is 0 Å². The first kappa shape index (κ1) is 10.9. The van der Waals surface area contributed by atoms with Gasteiger partial charge in [0.2, 0.25) is 0 Å². The third kappa shape index (κ3) is 3.69. The standard InChI is InChI=1S/C12H19NO/c1-2-3-4-7-10-13-11-8-5-6-9-12(11)14/h5-6,8-9,13-14H,2-4,7,10H2,1H3. The summed E-state index contributed by atoms with van der Waals surface area (Å²) in [6.07, 6.45) is 4.98. The molecule has 0 aliphatic rings. The number of unbranched alkanes of at least 4 members (excludes halogenated alkanes) is 3. The number of hydrogen-bond donors (Lipinski definition) is 2. The first-order valence-electron chi connectivity index (χ1n) is 5.36. The van der Waals surface area contributed by atoms with Crippen molar-refractivity contribution < 1.29 is 5.11 Å². The number of phenols is 1. The molecule has 0 aliphatic heterocycles. The molecule has 1 rings (SSSR count). The Morgan fingerprint density at radius 3 is 2.64 bits per heavy atom. The maximum atomic E-state index is 9.45. The fourth-order valence-electron chi connectivity index (χ4n) is 1.40. The van der Waals surface area contributed by atoms with E-state index in [9.17, 15) is 5.11 Å². The van der Waals surface area contributed by atoms with Crippen LogP contribution < -0.4 is 5.32 Å². The Kier molecular flexibility index (Phi) is 4.90. The van der Waals surface area contributed by atoms with Crippen LogP contribution >= 0.6 is 0 Å². The zero-order valence-electron chi connectivity index (χ0n) is 8.79. The summed E-state index contributed by atoms with van der Waals surface area (Å²) in [7, 11) is 0. The Balaban J connectivity index is 2.21. The lowest BCUT2D eigenvalue weighted by Gasteiger charge is -2.07. The molecule has 0 bridgehead atoms. The molecule has 0 heterocycles. The second-order valence-electron chi connectivity index (χ2n) is 3.50. The molecule has 1 aromatic carbocycles. The van der Waals surface area contributed by atoms with Crippen LogP contribution in [0, 0.1) is 0 Å². The van der Waals surface area contributed by atoms with Crippen LogP contribution in [-0.4, -0.2) is 11.7 Å². The van der Waals surface area contributed by atoms with E-state index < -0.39 is 0 Å². The fourth-order valence-corrected chi connectivity index (χ4v) is 1.40. The minimum Gasteiger partial charge on any atom is -0.506 e. The topological polar surface area (TPSA) is 32.3 Å². The van der Waals surface area contributed by atoms with E-state index in [0.717, 1.165) is 12.2 Å². The number of hydrogen-bond acceptors (Lipinski definition) is 2. The molecular formula is C12H19NO. The van der Waals surface area contributed by atoms with E-state index in [-0.39, 0.29) is 0 Å². The first-order chi connectivity index (χ1) is 6.84. The Labute approximate surface area is 86.0 Å². The first-order valence-corrected chi connectivity index (χ1v) is 5.36. The van der Waals surface area contributed by atoms with Crippen LogP contribution in [0.3, 0.4) is 0 Å². The number of benzene rings is 1. The maximum absolute atomic E-state index is 9.45. The summed E-state index contributed by atoms with van der Waals surface area (Å²) >= 11 is 0. The third-order valence-electron chi connectivity index (χ3n) is 2.25. The molecule has 0 saturated carbocycles. The summed E-state index contributed by atoms with van der Waals surface area (Å²) in [4.78, 5) is 0. The maximum Gasteiger partial charge on any atom is 0.138 e. The minimum absolute atomic E-state index is 0.336. The van der Waals surface area contributed by atoms with Crippen molar-refractivity contribution in [2.75, 3.05) is 11.9 Å². The van der Waals surface area contributed by atoms with Crippen LogP contribution in [0.15, 0.2) is 24.3 Å². The minimum atomic E-state index is 0.336. The van der Waals surface area contributed by atoms with Gasteiger partial charge in [-0.05, 0) is 18.6 Å². The molecule has 0 unspecified atom stereocenters. The van der Waals surface area contributed by atoms with E-state index in [1.54, 1.807) is 6.07 Å². The largest absolute Gasteiger partial charge is 0.506 e. The number of para-hydroxylation sites is 2. The van der Waals surface area contributed by atoms with Gasteiger partial charge in [-0.3, -0.25) is 0 Å². The Hall–Kier alpha value is -1.18. The highest BCUT2D eigenvalue weighted by Gasteiger charge is 1.96. The molecule has 0 saturated heterocycles. The van der Waals surface area contributed by atoms with Gasteiger partial charge in [0.15, 0.2) is 0 Å². The van der Waals surface area contributed by atoms with Gasteiger partial charge in [0, 0.05) is 6.54 Å². The lowest BCUT2D eigenvalue weighted by Crippen LogP contribution is -2.01. The summed E-state index contributed by atoms with van der Waals surface area (Å²) in [5, 5.41) is 12.7. The number of nitrogens with one attached hydrogen (secondary N) is 1. The molecule has 0 radical (unpaired) electrons. The van der Waals surface area contributed by atoms with Crippen LogP contribution in [0.1, 0.15) is 32.6 Å². The monoisotopic (exact) mass is 193 g/mol. The van der Waals surface area contributed by atoms with Gasteiger partial charge >= 0.3 is 0 Å². The van der Waals surface area contributed by atoms with Crippen molar-refractivity contribution in [3.05, 3.63) is 24.3 Å². The number of aromatic hydroxyl groups is 1. The normalized spacial score (nSPS) is 10.1. The number of anilines is 1. The molecular weight excluding hydrogens is 174 g/mol. The summed E-state index contributed by atoms with van der Waals surface area (Å²) in [5.41, 5.74) is 0.837. The van der Waals surface area contributed by atoms with Gasteiger partial charge in [0.1, 0.15) is 5.75 Å². The van der Waals surface area contributed by atoms with E-state index in [1.165, 1.54) is 25.7 Å². The van der Waals surface area contributed by atoms with Crippen LogP contribution in [0.25, 0.3) is 0 Å². The van der Waals surface area contributed by atoms with Crippen LogP contribution in [0.2, 0.25) is 0 Å². The Morgan fingerprint density at radius 2 is 1.93 bits per heavy atom. The predicted molar refractivity (Wildman–Crippen MR) is 60.7 cm³/mol. The molecule has 0 fully saturated rings. The van der Waals surface area contributed by atoms with Crippen molar-refractivity contribution in [1.82, 2.24) is 0 Å². The molecule has 0 aliphatic carbocycles. The Bertz CT molecular complexity index is 260. The van der Waals surface area contributed by atoms with Crippen LogP contribution in [-0.2, 0) is 0 Å². The Morgan fingerprint density at radius 1 is 1.14 bits per heavy atom. The van der Waals surface area contributed by atoms with E-state index in [1.807, 2.05) is 18.2 Å². The molecule has 0 atom stereocenters. The molecule has 2 nitrogen and oxygen atoms in total. The molecule has 78 valence electrons. The van der Waals surface area contributed by atoms with E-state index in [4.69, 9.17) is 0 Å². The fraction of sp³-hybridized carbons (Fsp3) is 0.500.